The molecule has 6 nitrogen and oxygen atoms in total. The van der Waals surface area contributed by atoms with Crippen molar-refractivity contribution >= 4 is 17.7 Å². The minimum absolute atomic E-state index is 0.111. The molecule has 0 aliphatic heterocycles. The zero-order chi connectivity index (χ0) is 20.9. The number of furan rings is 1. The van der Waals surface area contributed by atoms with Crippen molar-refractivity contribution in [3.05, 3.63) is 65.8 Å². The molecule has 0 bridgehead atoms. The fourth-order valence-corrected chi connectivity index (χ4v) is 4.55. The zero-order valence-corrected chi connectivity index (χ0v) is 18.2. The summed E-state index contributed by atoms with van der Waals surface area (Å²) in [6, 6.07) is 12.0. The second-order valence-corrected chi connectivity index (χ2v) is 8.30. The van der Waals surface area contributed by atoms with Gasteiger partial charge < -0.3 is 9.32 Å². The van der Waals surface area contributed by atoms with Crippen LogP contribution in [0.15, 0.2) is 64.0 Å². The molecule has 7 heteroatoms. The summed E-state index contributed by atoms with van der Waals surface area (Å²) in [6.07, 6.45) is 7.02. The highest BCUT2D eigenvalue weighted by atomic mass is 32.2. The monoisotopic (exact) mass is 422 g/mol. The molecule has 2 aromatic heterocycles. The van der Waals surface area contributed by atoms with Crippen molar-refractivity contribution in [2.75, 3.05) is 12.3 Å². The number of thioether (sulfide) groups is 1. The van der Waals surface area contributed by atoms with Crippen LogP contribution in [0, 0.1) is 6.92 Å². The molecule has 1 aliphatic rings. The normalized spacial score (nSPS) is 13.5. The molecule has 0 unspecified atom stereocenters. The van der Waals surface area contributed by atoms with Gasteiger partial charge in [0, 0.05) is 17.8 Å². The van der Waals surface area contributed by atoms with Crippen LogP contribution in [0.2, 0.25) is 0 Å². The highest BCUT2D eigenvalue weighted by molar-refractivity contribution is 7.99. The maximum absolute atomic E-state index is 12.9. The van der Waals surface area contributed by atoms with Gasteiger partial charge in [-0.1, -0.05) is 41.6 Å². The zero-order valence-electron chi connectivity index (χ0n) is 17.4. The number of allylic oxidation sites excluding steroid dienone is 2. The van der Waals surface area contributed by atoms with E-state index in [1.807, 2.05) is 40.7 Å². The first kappa shape index (κ1) is 20.5. The SMILES string of the molecule is CCN(C(=O)CSc1nnc(-c2cccc(C)c2)n1Cc1ccco1)C1=CCCC1. The third-order valence-electron chi connectivity index (χ3n) is 5.19. The standard InChI is InChI=1S/C23H26N4O2S/c1-3-26(19-10-4-5-11-19)21(28)16-30-23-25-24-22(18-9-6-8-17(2)14-18)27(23)15-20-12-7-13-29-20/h6-10,12-14H,3-5,11,15-16H2,1-2H3. The van der Waals surface area contributed by atoms with Crippen molar-refractivity contribution in [3.63, 3.8) is 0 Å². The number of hydrogen-bond donors (Lipinski definition) is 0. The lowest BCUT2D eigenvalue weighted by Crippen LogP contribution is -2.31. The minimum atomic E-state index is 0.111. The van der Waals surface area contributed by atoms with E-state index in [2.05, 4.69) is 35.3 Å². The number of carbonyl (C=O) groups is 1. The Kier molecular flexibility index (Phi) is 6.38. The van der Waals surface area contributed by atoms with E-state index in [1.54, 1.807) is 6.26 Å². The highest BCUT2D eigenvalue weighted by Gasteiger charge is 2.21. The van der Waals surface area contributed by atoms with E-state index >= 15 is 0 Å². The van der Waals surface area contributed by atoms with Crippen LogP contribution in [0.4, 0.5) is 0 Å². The van der Waals surface area contributed by atoms with Gasteiger partial charge in [0.05, 0.1) is 18.6 Å². The number of aryl methyl sites for hydroxylation is 1. The van der Waals surface area contributed by atoms with Gasteiger partial charge >= 0.3 is 0 Å². The van der Waals surface area contributed by atoms with E-state index in [0.717, 1.165) is 47.7 Å². The van der Waals surface area contributed by atoms with Crippen LogP contribution in [0.5, 0.6) is 0 Å². The quantitative estimate of drug-likeness (QED) is 0.483. The van der Waals surface area contributed by atoms with Gasteiger partial charge in [-0.05, 0) is 51.3 Å². The molecule has 1 amide bonds. The lowest BCUT2D eigenvalue weighted by Gasteiger charge is -2.22. The molecule has 0 saturated carbocycles. The number of nitrogens with zero attached hydrogens (tertiary/aromatic N) is 4. The van der Waals surface area contributed by atoms with Crippen molar-refractivity contribution < 1.29 is 9.21 Å². The van der Waals surface area contributed by atoms with E-state index in [1.165, 1.54) is 11.8 Å². The highest BCUT2D eigenvalue weighted by Crippen LogP contribution is 2.27. The maximum Gasteiger partial charge on any atom is 0.237 e. The van der Waals surface area contributed by atoms with Crippen LogP contribution in [0.25, 0.3) is 11.4 Å². The molecule has 156 valence electrons. The van der Waals surface area contributed by atoms with Gasteiger partial charge in [-0.15, -0.1) is 10.2 Å². The Morgan fingerprint density at radius 1 is 1.27 bits per heavy atom. The predicted molar refractivity (Wildman–Crippen MR) is 118 cm³/mol. The maximum atomic E-state index is 12.9. The van der Waals surface area contributed by atoms with E-state index < -0.39 is 0 Å². The molecule has 1 aromatic carbocycles. The fraction of sp³-hybridized carbons (Fsp3) is 0.348. The van der Waals surface area contributed by atoms with Crippen molar-refractivity contribution in [2.24, 2.45) is 0 Å². The van der Waals surface area contributed by atoms with Crippen LogP contribution >= 0.6 is 11.8 Å². The van der Waals surface area contributed by atoms with Gasteiger partial charge in [-0.25, -0.2) is 0 Å². The summed E-state index contributed by atoms with van der Waals surface area (Å²) in [4.78, 5) is 14.8. The first-order valence-electron chi connectivity index (χ1n) is 10.3. The summed E-state index contributed by atoms with van der Waals surface area (Å²) in [5.74, 6) is 2.04. The van der Waals surface area contributed by atoms with Gasteiger partial charge in [0.15, 0.2) is 11.0 Å². The molecule has 1 aliphatic carbocycles. The van der Waals surface area contributed by atoms with E-state index in [-0.39, 0.29) is 5.91 Å². The van der Waals surface area contributed by atoms with Crippen LogP contribution < -0.4 is 0 Å². The third kappa shape index (κ3) is 4.51. The Hall–Kier alpha value is -2.80. The molecule has 0 spiro atoms. The minimum Gasteiger partial charge on any atom is -0.467 e. The van der Waals surface area contributed by atoms with Crippen molar-refractivity contribution in [2.45, 2.75) is 44.8 Å². The largest absolute Gasteiger partial charge is 0.467 e. The molecule has 0 N–H and O–H groups in total. The molecule has 0 saturated heterocycles. The van der Waals surface area contributed by atoms with Gasteiger partial charge in [-0.3, -0.25) is 9.36 Å². The second-order valence-electron chi connectivity index (χ2n) is 7.36. The molecule has 2 heterocycles. The third-order valence-corrected chi connectivity index (χ3v) is 6.14. The lowest BCUT2D eigenvalue weighted by atomic mass is 10.1. The summed E-state index contributed by atoms with van der Waals surface area (Å²) < 4.78 is 7.58. The average molecular weight is 423 g/mol. The second kappa shape index (κ2) is 9.34. The lowest BCUT2D eigenvalue weighted by molar-refractivity contribution is -0.126. The Morgan fingerprint density at radius 3 is 2.87 bits per heavy atom. The van der Waals surface area contributed by atoms with Gasteiger partial charge in [0.1, 0.15) is 5.76 Å². The molecule has 0 radical (unpaired) electrons. The Balaban J connectivity index is 1.57. The molecule has 4 rings (SSSR count). The predicted octanol–water partition coefficient (Wildman–Crippen LogP) is 4.90. The summed E-state index contributed by atoms with van der Waals surface area (Å²) in [6.45, 7) is 5.29. The van der Waals surface area contributed by atoms with Crippen molar-refractivity contribution in [3.8, 4) is 11.4 Å². The molecule has 30 heavy (non-hydrogen) atoms. The Labute approximate surface area is 181 Å². The number of carbonyl (C=O) groups excluding carboxylic acids is 1. The van der Waals surface area contributed by atoms with Crippen LogP contribution in [0.1, 0.15) is 37.5 Å². The van der Waals surface area contributed by atoms with Crippen molar-refractivity contribution in [1.29, 1.82) is 0 Å². The molecular formula is C23H26N4O2S. The molecular weight excluding hydrogens is 396 g/mol. The first-order valence-corrected chi connectivity index (χ1v) is 11.3. The molecule has 0 atom stereocenters. The van der Waals surface area contributed by atoms with E-state index in [4.69, 9.17) is 4.42 Å². The number of benzene rings is 1. The molecule has 3 aromatic rings. The Morgan fingerprint density at radius 2 is 2.17 bits per heavy atom. The van der Waals surface area contributed by atoms with E-state index in [0.29, 0.717) is 24.0 Å². The van der Waals surface area contributed by atoms with Crippen LogP contribution in [-0.2, 0) is 11.3 Å². The fourth-order valence-electron chi connectivity index (χ4n) is 3.74. The summed E-state index contributed by atoms with van der Waals surface area (Å²) in [5, 5.41) is 9.56. The smallest absolute Gasteiger partial charge is 0.237 e. The number of aromatic nitrogens is 3. The number of rotatable bonds is 8. The van der Waals surface area contributed by atoms with Gasteiger partial charge in [-0.2, -0.15) is 0 Å². The number of amides is 1. The van der Waals surface area contributed by atoms with Gasteiger partial charge in [0.2, 0.25) is 5.91 Å². The summed E-state index contributed by atoms with van der Waals surface area (Å²) in [7, 11) is 0. The topological polar surface area (TPSA) is 64.2 Å². The van der Waals surface area contributed by atoms with Crippen molar-refractivity contribution in [1.82, 2.24) is 19.7 Å². The first-order chi connectivity index (χ1) is 14.7. The van der Waals surface area contributed by atoms with Crippen LogP contribution in [0.3, 0.4) is 0 Å². The summed E-state index contributed by atoms with van der Waals surface area (Å²) in [5.41, 5.74) is 3.31. The van der Waals surface area contributed by atoms with Gasteiger partial charge in [0.25, 0.3) is 0 Å². The average Bonchev–Trinajstić information content (AvgIpc) is 3.50. The number of hydrogen-bond acceptors (Lipinski definition) is 5. The van der Waals surface area contributed by atoms with E-state index in [9.17, 15) is 4.79 Å². The summed E-state index contributed by atoms with van der Waals surface area (Å²) >= 11 is 1.43. The van der Waals surface area contributed by atoms with Crippen LogP contribution in [-0.4, -0.2) is 37.9 Å². The Bertz CT molecular complexity index is 1040. The molecule has 0 fully saturated rings.